The number of hydrogen-bond acceptors (Lipinski definition) is 7. The molecular formula is C28H24N8O. The first-order valence-corrected chi connectivity index (χ1v) is 12.5. The Bertz CT molecular complexity index is 1700. The second-order valence-corrected chi connectivity index (χ2v) is 9.36. The Morgan fingerprint density at radius 1 is 0.811 bits per heavy atom. The van der Waals surface area contributed by atoms with Gasteiger partial charge in [-0.05, 0) is 56.0 Å². The molecule has 2 N–H and O–H groups in total. The summed E-state index contributed by atoms with van der Waals surface area (Å²) in [5.74, 6) is 1.44. The quantitative estimate of drug-likeness (QED) is 0.318. The maximum Gasteiger partial charge on any atom is 0.159 e. The lowest BCUT2D eigenvalue weighted by atomic mass is 9.98. The molecule has 1 aliphatic carbocycles. The van der Waals surface area contributed by atoms with Crippen molar-refractivity contribution in [2.45, 2.75) is 38.2 Å². The molecule has 1 fully saturated rings. The molecule has 0 unspecified atom stereocenters. The van der Waals surface area contributed by atoms with E-state index in [1.807, 2.05) is 36.5 Å². The van der Waals surface area contributed by atoms with Crippen LogP contribution in [0.1, 0.15) is 32.1 Å². The molecule has 9 heteroatoms. The second kappa shape index (κ2) is 9.09. The van der Waals surface area contributed by atoms with Gasteiger partial charge in [-0.25, -0.2) is 4.98 Å². The van der Waals surface area contributed by atoms with E-state index in [1.54, 1.807) is 31.0 Å². The number of nitrogens with zero attached hydrogens (tertiary/aromatic N) is 6. The van der Waals surface area contributed by atoms with E-state index < -0.39 is 0 Å². The zero-order valence-corrected chi connectivity index (χ0v) is 20.1. The Kier molecular flexibility index (Phi) is 5.31. The average Bonchev–Trinajstić information content (AvgIpc) is 3.58. The van der Waals surface area contributed by atoms with Gasteiger partial charge in [-0.3, -0.25) is 25.0 Å². The van der Waals surface area contributed by atoms with Crippen LogP contribution < -0.4 is 4.74 Å². The fraction of sp³-hybridized carbons (Fsp3) is 0.214. The Morgan fingerprint density at radius 3 is 2.62 bits per heavy atom. The fourth-order valence-electron chi connectivity index (χ4n) is 5.02. The molecule has 182 valence electrons. The summed E-state index contributed by atoms with van der Waals surface area (Å²) in [5.41, 5.74) is 6.57. The molecule has 6 aromatic heterocycles. The summed E-state index contributed by atoms with van der Waals surface area (Å²) in [7, 11) is 0. The van der Waals surface area contributed by atoms with Crippen LogP contribution in [0.5, 0.6) is 5.75 Å². The third-order valence-corrected chi connectivity index (χ3v) is 6.87. The van der Waals surface area contributed by atoms with Gasteiger partial charge >= 0.3 is 0 Å². The Morgan fingerprint density at radius 2 is 1.73 bits per heavy atom. The van der Waals surface area contributed by atoms with Gasteiger partial charge in [-0.15, -0.1) is 0 Å². The molecule has 0 radical (unpaired) electrons. The van der Waals surface area contributed by atoms with Crippen molar-refractivity contribution >= 4 is 21.9 Å². The van der Waals surface area contributed by atoms with E-state index >= 15 is 0 Å². The number of imidazole rings is 1. The van der Waals surface area contributed by atoms with Crippen LogP contribution in [0.2, 0.25) is 0 Å². The van der Waals surface area contributed by atoms with E-state index in [0.717, 1.165) is 68.7 Å². The first-order chi connectivity index (χ1) is 18.3. The molecule has 1 saturated carbocycles. The highest BCUT2D eigenvalue weighted by atomic mass is 16.5. The Balaban J connectivity index is 1.26. The molecule has 0 saturated heterocycles. The van der Waals surface area contributed by atoms with Crippen molar-refractivity contribution in [1.29, 1.82) is 0 Å². The van der Waals surface area contributed by atoms with Crippen molar-refractivity contribution in [3.8, 4) is 39.8 Å². The topological polar surface area (TPSA) is 118 Å². The number of H-pyrrole nitrogens is 2. The van der Waals surface area contributed by atoms with Gasteiger partial charge in [0.15, 0.2) is 5.82 Å². The molecule has 0 aliphatic heterocycles. The summed E-state index contributed by atoms with van der Waals surface area (Å²) in [6.07, 6.45) is 16.9. The second-order valence-electron chi connectivity index (χ2n) is 9.36. The number of hydrogen-bond donors (Lipinski definition) is 2. The molecule has 6 aromatic rings. The van der Waals surface area contributed by atoms with Gasteiger partial charge in [-0.2, -0.15) is 5.10 Å². The van der Waals surface area contributed by atoms with E-state index in [4.69, 9.17) is 9.72 Å². The lowest BCUT2D eigenvalue weighted by molar-refractivity contribution is 0.154. The molecule has 0 amide bonds. The van der Waals surface area contributed by atoms with Crippen LogP contribution in [0.3, 0.4) is 0 Å². The predicted molar refractivity (Wildman–Crippen MR) is 141 cm³/mol. The standard InChI is InChI=1S/C28H24N8O/c1-2-6-19(7-3-1)37-20-11-18(14-30-15-20)23-12-21-24(16-32-23)35-36-26(21)28-33-22-8-10-31-25(27(22)34-28)17-5-4-9-29-13-17/h4-5,8-16,19H,1-3,6-7H2,(H,33,34)(H,35,36). The normalized spacial score (nSPS) is 14.4. The Hall–Kier alpha value is -4.66. The maximum atomic E-state index is 6.23. The minimum Gasteiger partial charge on any atom is -0.489 e. The third kappa shape index (κ3) is 4.08. The van der Waals surface area contributed by atoms with Crippen LogP contribution in [-0.4, -0.2) is 46.2 Å². The van der Waals surface area contributed by atoms with Crippen LogP contribution >= 0.6 is 0 Å². The molecule has 6 heterocycles. The van der Waals surface area contributed by atoms with Gasteiger partial charge in [0.05, 0.1) is 40.9 Å². The minimum absolute atomic E-state index is 0.265. The van der Waals surface area contributed by atoms with Crippen molar-refractivity contribution in [3.63, 3.8) is 0 Å². The van der Waals surface area contributed by atoms with Gasteiger partial charge in [0.2, 0.25) is 0 Å². The molecule has 7 rings (SSSR count). The van der Waals surface area contributed by atoms with Gasteiger partial charge in [0.25, 0.3) is 0 Å². The lowest BCUT2D eigenvalue weighted by Gasteiger charge is -2.22. The highest BCUT2D eigenvalue weighted by Gasteiger charge is 2.18. The number of ether oxygens (including phenoxy) is 1. The Labute approximate surface area is 212 Å². The summed E-state index contributed by atoms with van der Waals surface area (Å²) in [6.45, 7) is 0. The van der Waals surface area contributed by atoms with E-state index in [-0.39, 0.29) is 6.10 Å². The van der Waals surface area contributed by atoms with Gasteiger partial charge in [-0.1, -0.05) is 6.42 Å². The van der Waals surface area contributed by atoms with E-state index in [2.05, 4.69) is 35.1 Å². The third-order valence-electron chi connectivity index (χ3n) is 6.87. The smallest absolute Gasteiger partial charge is 0.159 e. The monoisotopic (exact) mass is 488 g/mol. The van der Waals surface area contributed by atoms with Crippen LogP contribution in [-0.2, 0) is 0 Å². The number of aromatic amines is 2. The highest BCUT2D eigenvalue weighted by Crippen LogP contribution is 2.32. The fourth-order valence-corrected chi connectivity index (χ4v) is 5.02. The summed E-state index contributed by atoms with van der Waals surface area (Å²) in [6, 6.07) is 9.82. The molecule has 9 nitrogen and oxygen atoms in total. The first-order valence-electron chi connectivity index (χ1n) is 12.5. The molecule has 0 atom stereocenters. The molecular weight excluding hydrogens is 464 g/mol. The number of fused-ring (bicyclic) bond motifs is 2. The van der Waals surface area contributed by atoms with Crippen LogP contribution in [0.4, 0.5) is 0 Å². The lowest BCUT2D eigenvalue weighted by Crippen LogP contribution is -2.19. The van der Waals surface area contributed by atoms with E-state index in [1.165, 1.54) is 19.3 Å². The highest BCUT2D eigenvalue weighted by molar-refractivity contribution is 5.96. The van der Waals surface area contributed by atoms with Gasteiger partial charge < -0.3 is 9.72 Å². The SMILES string of the molecule is c1cncc(-c2nccc3[nH]c(-c4n[nH]c5cnc(-c6cncc(OC7CCCCC7)c6)cc45)nc23)c1. The summed E-state index contributed by atoms with van der Waals surface area (Å²) >= 11 is 0. The first kappa shape index (κ1) is 21.6. The zero-order valence-electron chi connectivity index (χ0n) is 20.1. The van der Waals surface area contributed by atoms with Crippen molar-refractivity contribution in [3.05, 3.63) is 67.5 Å². The zero-order chi connectivity index (χ0) is 24.6. The van der Waals surface area contributed by atoms with E-state index in [9.17, 15) is 0 Å². The molecule has 0 spiro atoms. The van der Waals surface area contributed by atoms with Crippen LogP contribution in [0.25, 0.3) is 56.0 Å². The number of pyridine rings is 4. The largest absolute Gasteiger partial charge is 0.489 e. The average molecular weight is 489 g/mol. The van der Waals surface area contributed by atoms with Gasteiger partial charge in [0, 0.05) is 41.3 Å². The van der Waals surface area contributed by atoms with Crippen LogP contribution in [0, 0.1) is 0 Å². The summed E-state index contributed by atoms with van der Waals surface area (Å²) in [4.78, 5) is 26.2. The summed E-state index contributed by atoms with van der Waals surface area (Å²) in [5, 5.41) is 8.56. The molecule has 0 bridgehead atoms. The van der Waals surface area contributed by atoms with Crippen LogP contribution in [0.15, 0.2) is 67.5 Å². The summed E-state index contributed by atoms with van der Waals surface area (Å²) < 4.78 is 6.23. The molecule has 37 heavy (non-hydrogen) atoms. The molecule has 0 aromatic carbocycles. The van der Waals surface area contributed by atoms with Crippen molar-refractivity contribution in [2.24, 2.45) is 0 Å². The van der Waals surface area contributed by atoms with Crippen molar-refractivity contribution < 1.29 is 4.74 Å². The molecule has 1 aliphatic rings. The minimum atomic E-state index is 0.265. The predicted octanol–water partition coefficient (Wildman–Crippen LogP) is 5.73. The van der Waals surface area contributed by atoms with Crippen molar-refractivity contribution in [2.75, 3.05) is 0 Å². The van der Waals surface area contributed by atoms with Gasteiger partial charge in [0.1, 0.15) is 17.0 Å². The number of rotatable bonds is 5. The van der Waals surface area contributed by atoms with Crippen molar-refractivity contribution in [1.82, 2.24) is 40.1 Å². The number of aromatic nitrogens is 8. The number of nitrogens with one attached hydrogen (secondary N) is 2. The maximum absolute atomic E-state index is 6.23. The van der Waals surface area contributed by atoms with E-state index in [0.29, 0.717) is 5.82 Å².